The highest BCUT2D eigenvalue weighted by Crippen LogP contribution is 2.23. The first kappa shape index (κ1) is 16.7. The van der Waals surface area contributed by atoms with Crippen LogP contribution in [0.1, 0.15) is 0 Å². The summed E-state index contributed by atoms with van der Waals surface area (Å²) in [5.74, 6) is 0.398. The Bertz CT molecular complexity index is 853. The molecule has 10 heteroatoms. The molecule has 3 rings (SSSR count). The second-order valence-corrected chi connectivity index (χ2v) is 5.48. The number of halogens is 1. The van der Waals surface area contributed by atoms with Gasteiger partial charge in [-0.2, -0.15) is 4.98 Å². The smallest absolute Gasteiger partial charge is 0.329 e. The number of aromatic nitrogens is 4. The van der Waals surface area contributed by atoms with E-state index in [0.29, 0.717) is 18.1 Å². The number of anilines is 3. The minimum atomic E-state index is -0.522. The topological polar surface area (TPSA) is 111 Å². The van der Waals surface area contributed by atoms with Gasteiger partial charge in [-0.25, -0.2) is 9.97 Å². The molecule has 2 N–H and O–H groups in total. The van der Waals surface area contributed by atoms with Crippen LogP contribution in [0.4, 0.5) is 23.1 Å². The van der Waals surface area contributed by atoms with Crippen molar-refractivity contribution in [2.24, 2.45) is 0 Å². The molecule has 0 spiro atoms. The van der Waals surface area contributed by atoms with Crippen molar-refractivity contribution in [3.63, 3.8) is 0 Å². The maximum Gasteiger partial charge on any atom is 0.329 e. The van der Waals surface area contributed by atoms with Crippen LogP contribution < -0.4 is 10.6 Å². The summed E-state index contributed by atoms with van der Waals surface area (Å²) in [6.07, 6.45) is 6.32. The Labute approximate surface area is 147 Å². The first-order valence-corrected chi connectivity index (χ1v) is 7.73. The highest BCUT2D eigenvalue weighted by Gasteiger charge is 2.17. The number of nitrogens with one attached hydrogen (secondary N) is 2. The monoisotopic (exact) mass is 359 g/mol. The summed E-state index contributed by atoms with van der Waals surface area (Å²) in [6, 6.07) is 6.97. The van der Waals surface area contributed by atoms with Gasteiger partial charge in [-0.1, -0.05) is 11.6 Å². The molecule has 0 radical (unpaired) electrons. The number of hydrogen-bond donors (Lipinski definition) is 2. The van der Waals surface area contributed by atoms with Crippen molar-refractivity contribution in [3.05, 3.63) is 64.3 Å². The van der Waals surface area contributed by atoms with Gasteiger partial charge in [-0.3, -0.25) is 10.1 Å². The summed E-state index contributed by atoms with van der Waals surface area (Å²) in [4.78, 5) is 22.8. The lowest BCUT2D eigenvalue weighted by Gasteiger charge is -2.09. The summed E-state index contributed by atoms with van der Waals surface area (Å²) in [6.45, 7) is 1.05. The second-order valence-electron chi connectivity index (χ2n) is 5.04. The second kappa shape index (κ2) is 7.58. The van der Waals surface area contributed by atoms with Gasteiger partial charge in [0.15, 0.2) is 0 Å². The molecule has 0 saturated heterocycles. The number of hydrogen-bond acceptors (Lipinski definition) is 7. The van der Waals surface area contributed by atoms with Gasteiger partial charge in [0, 0.05) is 36.2 Å². The van der Waals surface area contributed by atoms with Crippen molar-refractivity contribution in [2.75, 3.05) is 17.2 Å². The lowest BCUT2D eigenvalue weighted by atomic mass is 10.3. The molecule has 0 bridgehead atoms. The maximum atomic E-state index is 11.2. The molecule has 1 aromatic carbocycles. The number of rotatable bonds is 7. The third-order valence-corrected chi connectivity index (χ3v) is 3.54. The summed E-state index contributed by atoms with van der Waals surface area (Å²) in [5, 5.41) is 17.7. The molecule has 2 aromatic heterocycles. The lowest BCUT2D eigenvalue weighted by Crippen LogP contribution is -2.12. The molecule has 0 fully saturated rings. The van der Waals surface area contributed by atoms with Gasteiger partial charge < -0.3 is 15.2 Å². The van der Waals surface area contributed by atoms with Crippen LogP contribution in [0.25, 0.3) is 0 Å². The van der Waals surface area contributed by atoms with Crippen LogP contribution in [0, 0.1) is 10.1 Å². The third-order valence-electron chi connectivity index (χ3n) is 3.29. The molecule has 128 valence electrons. The number of nitro groups is 1. The van der Waals surface area contributed by atoms with E-state index >= 15 is 0 Å². The Kier molecular flexibility index (Phi) is 5.05. The zero-order chi connectivity index (χ0) is 17.6. The van der Waals surface area contributed by atoms with E-state index in [-0.39, 0.29) is 17.5 Å². The van der Waals surface area contributed by atoms with Gasteiger partial charge in [0.2, 0.25) is 11.8 Å². The van der Waals surface area contributed by atoms with Crippen LogP contribution >= 0.6 is 11.6 Å². The SMILES string of the molecule is O=[N+]([O-])c1cnc(Nc2ccc(Cl)cc2)nc1NCCn1ccnc1. The van der Waals surface area contributed by atoms with Crippen molar-refractivity contribution in [2.45, 2.75) is 6.54 Å². The van der Waals surface area contributed by atoms with E-state index < -0.39 is 4.92 Å². The Morgan fingerprint density at radius 2 is 2.08 bits per heavy atom. The van der Waals surface area contributed by atoms with Crippen molar-refractivity contribution in [1.82, 2.24) is 19.5 Å². The first-order chi connectivity index (χ1) is 12.1. The minimum absolute atomic E-state index is 0.150. The van der Waals surface area contributed by atoms with E-state index in [4.69, 9.17) is 11.6 Å². The first-order valence-electron chi connectivity index (χ1n) is 7.35. The molecule has 0 atom stereocenters. The Morgan fingerprint density at radius 3 is 2.76 bits per heavy atom. The van der Waals surface area contributed by atoms with Crippen molar-refractivity contribution < 1.29 is 4.92 Å². The van der Waals surface area contributed by atoms with Crippen molar-refractivity contribution in [3.8, 4) is 0 Å². The zero-order valence-electron chi connectivity index (χ0n) is 13.0. The molecule has 0 aliphatic carbocycles. The van der Waals surface area contributed by atoms with E-state index in [1.165, 1.54) is 6.20 Å². The van der Waals surface area contributed by atoms with Crippen LogP contribution in [0.2, 0.25) is 5.02 Å². The van der Waals surface area contributed by atoms with Crippen LogP contribution in [-0.4, -0.2) is 31.0 Å². The highest BCUT2D eigenvalue weighted by molar-refractivity contribution is 6.30. The molecule has 9 nitrogen and oxygen atoms in total. The van der Waals surface area contributed by atoms with Crippen LogP contribution in [0.15, 0.2) is 49.2 Å². The molecule has 0 aliphatic rings. The molecule has 0 saturated carbocycles. The predicted molar refractivity (Wildman–Crippen MR) is 94.1 cm³/mol. The summed E-state index contributed by atoms with van der Waals surface area (Å²) >= 11 is 5.84. The normalized spacial score (nSPS) is 10.4. The molecular weight excluding hydrogens is 346 g/mol. The van der Waals surface area contributed by atoms with Gasteiger partial charge in [-0.15, -0.1) is 0 Å². The summed E-state index contributed by atoms with van der Waals surface area (Å²) in [7, 11) is 0. The van der Waals surface area contributed by atoms with E-state index in [2.05, 4.69) is 25.6 Å². The molecule has 0 amide bonds. The summed E-state index contributed by atoms with van der Waals surface area (Å²) < 4.78 is 1.85. The van der Waals surface area contributed by atoms with E-state index in [1.54, 1.807) is 36.8 Å². The van der Waals surface area contributed by atoms with Crippen LogP contribution in [0.5, 0.6) is 0 Å². The van der Waals surface area contributed by atoms with Crippen LogP contribution in [-0.2, 0) is 6.54 Å². The largest absolute Gasteiger partial charge is 0.362 e. The fraction of sp³-hybridized carbons (Fsp3) is 0.133. The molecule has 0 unspecified atom stereocenters. The molecule has 0 aliphatic heterocycles. The third kappa shape index (κ3) is 4.42. The quantitative estimate of drug-likeness (QED) is 0.492. The van der Waals surface area contributed by atoms with Crippen molar-refractivity contribution in [1.29, 1.82) is 0 Å². The fourth-order valence-corrected chi connectivity index (χ4v) is 2.21. The predicted octanol–water partition coefficient (Wildman–Crippen LogP) is 3.09. The average Bonchev–Trinajstić information content (AvgIpc) is 3.10. The van der Waals surface area contributed by atoms with Gasteiger partial charge in [0.05, 0.1) is 11.3 Å². The number of nitrogens with zero attached hydrogens (tertiary/aromatic N) is 5. The Morgan fingerprint density at radius 1 is 1.28 bits per heavy atom. The van der Waals surface area contributed by atoms with Gasteiger partial charge in [0.1, 0.15) is 6.20 Å². The Hall–Kier alpha value is -3.20. The molecule has 25 heavy (non-hydrogen) atoms. The standard InChI is InChI=1S/C15H14ClN7O2/c16-11-1-3-12(4-2-11)20-15-19-9-13(23(24)25)14(21-15)18-6-8-22-7-5-17-10-22/h1-5,7,9-10H,6,8H2,(H2,18,19,20,21). The lowest BCUT2D eigenvalue weighted by molar-refractivity contribution is -0.384. The fourth-order valence-electron chi connectivity index (χ4n) is 2.08. The van der Waals surface area contributed by atoms with E-state index in [0.717, 1.165) is 5.69 Å². The average molecular weight is 360 g/mol. The molecule has 2 heterocycles. The van der Waals surface area contributed by atoms with Crippen LogP contribution in [0.3, 0.4) is 0 Å². The highest BCUT2D eigenvalue weighted by atomic mass is 35.5. The minimum Gasteiger partial charge on any atom is -0.362 e. The van der Waals surface area contributed by atoms with Gasteiger partial charge in [-0.05, 0) is 24.3 Å². The molecular formula is C15H14ClN7O2. The zero-order valence-corrected chi connectivity index (χ0v) is 13.7. The summed E-state index contributed by atoms with van der Waals surface area (Å²) in [5.41, 5.74) is 0.537. The number of imidazole rings is 1. The van der Waals surface area contributed by atoms with Gasteiger partial charge >= 0.3 is 5.69 Å². The number of benzene rings is 1. The van der Waals surface area contributed by atoms with E-state index in [9.17, 15) is 10.1 Å². The van der Waals surface area contributed by atoms with Crippen molar-refractivity contribution >= 4 is 34.7 Å². The maximum absolute atomic E-state index is 11.2. The molecule has 3 aromatic rings. The van der Waals surface area contributed by atoms with Gasteiger partial charge in [0.25, 0.3) is 0 Å². The Balaban J connectivity index is 1.74. The van der Waals surface area contributed by atoms with E-state index in [1.807, 2.05) is 10.8 Å².